The molecule has 0 bridgehead atoms. The number of amides is 1. The lowest BCUT2D eigenvalue weighted by Crippen LogP contribution is -2.34. The van der Waals surface area contributed by atoms with Gasteiger partial charge in [-0.2, -0.15) is 0 Å². The number of ether oxygens (including phenoxy) is 4. The highest BCUT2D eigenvalue weighted by atomic mass is 16.7. The topological polar surface area (TPSA) is 78.1 Å². The minimum Gasteiger partial charge on any atom is -0.493 e. The molecule has 29 heavy (non-hydrogen) atoms. The van der Waals surface area contributed by atoms with Crippen LogP contribution in [0.3, 0.4) is 0 Å². The van der Waals surface area contributed by atoms with E-state index >= 15 is 0 Å². The number of benzene rings is 2. The Hall–Kier alpha value is -3.09. The molecule has 7 nitrogen and oxygen atoms in total. The number of unbranched alkanes of at least 4 members (excludes halogenated alkanes) is 2. The lowest BCUT2D eigenvalue weighted by molar-refractivity contribution is -0.121. The van der Waals surface area contributed by atoms with Crippen molar-refractivity contribution in [1.82, 2.24) is 5.32 Å². The highest BCUT2D eigenvalue weighted by Gasteiger charge is 2.24. The van der Waals surface area contributed by atoms with Crippen molar-refractivity contribution in [2.24, 2.45) is 0 Å². The molecule has 0 saturated heterocycles. The summed E-state index contributed by atoms with van der Waals surface area (Å²) in [7, 11) is 3.17. The Morgan fingerprint density at radius 3 is 2.59 bits per heavy atom. The summed E-state index contributed by atoms with van der Waals surface area (Å²) in [5.41, 5.74) is 1.53. The maximum absolute atomic E-state index is 13.0. The van der Waals surface area contributed by atoms with Crippen molar-refractivity contribution < 1.29 is 23.7 Å². The Kier molecular flexibility index (Phi) is 7.05. The van der Waals surface area contributed by atoms with Crippen molar-refractivity contribution in [3.8, 4) is 23.0 Å². The van der Waals surface area contributed by atoms with Crippen LogP contribution in [0.2, 0.25) is 0 Å². The van der Waals surface area contributed by atoms with E-state index in [1.54, 1.807) is 20.3 Å². The minimum absolute atomic E-state index is 0.102. The molecule has 0 saturated carbocycles. The predicted octanol–water partition coefficient (Wildman–Crippen LogP) is 3.89. The van der Waals surface area contributed by atoms with E-state index in [9.17, 15) is 4.79 Å². The average Bonchev–Trinajstić information content (AvgIpc) is 3.22. The van der Waals surface area contributed by atoms with Crippen LogP contribution in [0.5, 0.6) is 23.0 Å². The van der Waals surface area contributed by atoms with Crippen molar-refractivity contribution in [1.29, 1.82) is 0 Å². The lowest BCUT2D eigenvalue weighted by atomic mass is 10.0. The summed E-state index contributed by atoms with van der Waals surface area (Å²) in [6.07, 6.45) is 3.13. The van der Waals surface area contributed by atoms with Gasteiger partial charge in [0.05, 0.1) is 14.2 Å². The fourth-order valence-electron chi connectivity index (χ4n) is 3.17. The van der Waals surface area contributed by atoms with Gasteiger partial charge in [0, 0.05) is 18.3 Å². The molecular formula is C22H28N2O5. The van der Waals surface area contributed by atoms with Crippen LogP contribution in [0.15, 0.2) is 36.4 Å². The van der Waals surface area contributed by atoms with Gasteiger partial charge in [-0.15, -0.1) is 0 Å². The van der Waals surface area contributed by atoms with Gasteiger partial charge in [0.25, 0.3) is 0 Å². The standard InChI is InChI=1S/C22H28N2O5/c1-4-5-6-11-23-22(25)21(15-7-9-18-20(12-15)29-14-28-18)24-16-8-10-17(26-2)19(13-16)27-3/h7-10,12-13,21,24H,4-6,11,14H2,1-3H3,(H,23,25). The molecule has 0 spiro atoms. The van der Waals surface area contributed by atoms with Crippen LogP contribution in [0, 0.1) is 0 Å². The first-order valence-electron chi connectivity index (χ1n) is 9.82. The Morgan fingerprint density at radius 1 is 1.03 bits per heavy atom. The first kappa shape index (κ1) is 20.6. The first-order valence-corrected chi connectivity index (χ1v) is 9.82. The molecule has 1 aliphatic heterocycles. The summed E-state index contributed by atoms with van der Waals surface area (Å²) in [4.78, 5) is 13.0. The summed E-state index contributed by atoms with van der Waals surface area (Å²) < 4.78 is 21.5. The zero-order valence-corrected chi connectivity index (χ0v) is 17.1. The van der Waals surface area contributed by atoms with Crippen molar-refractivity contribution in [2.45, 2.75) is 32.2 Å². The van der Waals surface area contributed by atoms with Gasteiger partial charge in [0.15, 0.2) is 23.0 Å². The molecule has 2 aromatic rings. The number of carbonyl (C=O) groups is 1. The Bertz CT molecular complexity index is 840. The molecule has 1 heterocycles. The number of rotatable bonds is 10. The largest absolute Gasteiger partial charge is 0.493 e. The Morgan fingerprint density at radius 2 is 1.83 bits per heavy atom. The fraction of sp³-hybridized carbons (Fsp3) is 0.409. The third-order valence-corrected chi connectivity index (χ3v) is 4.77. The molecule has 1 amide bonds. The summed E-state index contributed by atoms with van der Waals surface area (Å²) in [6, 6.07) is 10.4. The number of fused-ring (bicyclic) bond motifs is 1. The monoisotopic (exact) mass is 400 g/mol. The van der Waals surface area contributed by atoms with Crippen LogP contribution in [0.25, 0.3) is 0 Å². The molecule has 2 aromatic carbocycles. The molecule has 0 aliphatic carbocycles. The quantitative estimate of drug-likeness (QED) is 0.589. The normalized spacial score (nSPS) is 12.9. The van der Waals surface area contributed by atoms with Gasteiger partial charge in [-0.05, 0) is 36.2 Å². The smallest absolute Gasteiger partial charge is 0.247 e. The number of nitrogens with one attached hydrogen (secondary N) is 2. The zero-order chi connectivity index (χ0) is 20.6. The van der Waals surface area contributed by atoms with E-state index in [4.69, 9.17) is 18.9 Å². The number of anilines is 1. The van der Waals surface area contributed by atoms with Crippen LogP contribution in [-0.4, -0.2) is 33.5 Å². The summed E-state index contributed by atoms with van der Waals surface area (Å²) >= 11 is 0. The van der Waals surface area contributed by atoms with Crippen LogP contribution < -0.4 is 29.6 Å². The second-order valence-electron chi connectivity index (χ2n) is 6.76. The molecule has 1 atom stereocenters. The Labute approximate surface area is 171 Å². The van der Waals surface area contributed by atoms with E-state index in [0.717, 1.165) is 30.5 Å². The molecule has 2 N–H and O–H groups in total. The zero-order valence-electron chi connectivity index (χ0n) is 17.1. The minimum atomic E-state index is -0.593. The third kappa shape index (κ3) is 5.04. The molecule has 1 aliphatic rings. The number of hydrogen-bond donors (Lipinski definition) is 2. The van der Waals surface area contributed by atoms with E-state index in [1.165, 1.54) is 0 Å². The number of hydrogen-bond acceptors (Lipinski definition) is 6. The van der Waals surface area contributed by atoms with Crippen molar-refractivity contribution in [2.75, 3.05) is 32.9 Å². The summed E-state index contributed by atoms with van der Waals surface area (Å²) in [6.45, 7) is 2.97. The highest BCUT2D eigenvalue weighted by Crippen LogP contribution is 2.36. The molecule has 1 unspecified atom stereocenters. The summed E-state index contributed by atoms with van der Waals surface area (Å²) in [5, 5.41) is 6.33. The van der Waals surface area contributed by atoms with E-state index in [0.29, 0.717) is 29.5 Å². The van der Waals surface area contributed by atoms with Crippen LogP contribution >= 0.6 is 0 Å². The van der Waals surface area contributed by atoms with Crippen LogP contribution in [0.1, 0.15) is 37.8 Å². The first-order chi connectivity index (χ1) is 14.2. The molecular weight excluding hydrogens is 372 g/mol. The fourth-order valence-corrected chi connectivity index (χ4v) is 3.17. The van der Waals surface area contributed by atoms with Crippen molar-refractivity contribution in [3.63, 3.8) is 0 Å². The van der Waals surface area contributed by atoms with Crippen LogP contribution in [-0.2, 0) is 4.79 Å². The van der Waals surface area contributed by atoms with Gasteiger partial charge < -0.3 is 29.6 Å². The lowest BCUT2D eigenvalue weighted by Gasteiger charge is -2.21. The van der Waals surface area contributed by atoms with Crippen molar-refractivity contribution in [3.05, 3.63) is 42.0 Å². The van der Waals surface area contributed by atoms with E-state index < -0.39 is 6.04 Å². The molecule has 0 aromatic heterocycles. The highest BCUT2D eigenvalue weighted by molar-refractivity contribution is 5.86. The molecule has 0 fully saturated rings. The van der Waals surface area contributed by atoms with Crippen molar-refractivity contribution >= 4 is 11.6 Å². The molecule has 156 valence electrons. The predicted molar refractivity (Wildman–Crippen MR) is 111 cm³/mol. The SMILES string of the molecule is CCCCCNC(=O)C(Nc1ccc(OC)c(OC)c1)c1ccc2c(c1)OCO2. The van der Waals surface area contributed by atoms with Gasteiger partial charge in [-0.25, -0.2) is 0 Å². The van der Waals surface area contributed by atoms with Gasteiger partial charge in [0.1, 0.15) is 6.04 Å². The van der Waals surface area contributed by atoms with E-state index in [2.05, 4.69) is 17.6 Å². The van der Waals surface area contributed by atoms with Gasteiger partial charge >= 0.3 is 0 Å². The average molecular weight is 400 g/mol. The second-order valence-corrected chi connectivity index (χ2v) is 6.76. The second kappa shape index (κ2) is 9.91. The van der Waals surface area contributed by atoms with E-state index in [-0.39, 0.29) is 12.7 Å². The molecule has 0 radical (unpaired) electrons. The number of carbonyl (C=O) groups excluding carboxylic acids is 1. The molecule has 7 heteroatoms. The molecule has 3 rings (SSSR count). The number of methoxy groups -OCH3 is 2. The van der Waals surface area contributed by atoms with Crippen LogP contribution in [0.4, 0.5) is 5.69 Å². The van der Waals surface area contributed by atoms with Gasteiger partial charge in [-0.3, -0.25) is 4.79 Å². The summed E-state index contributed by atoms with van der Waals surface area (Å²) in [5.74, 6) is 2.43. The Balaban J connectivity index is 1.83. The van der Waals surface area contributed by atoms with E-state index in [1.807, 2.05) is 30.3 Å². The third-order valence-electron chi connectivity index (χ3n) is 4.77. The maximum atomic E-state index is 13.0. The van der Waals surface area contributed by atoms with Gasteiger partial charge in [0.2, 0.25) is 12.7 Å². The van der Waals surface area contributed by atoms with Gasteiger partial charge in [-0.1, -0.05) is 25.8 Å². The maximum Gasteiger partial charge on any atom is 0.247 e.